The number of nitrogens with two attached hydrogens (primary N) is 1. The van der Waals surface area contributed by atoms with Crippen LogP contribution in [0.3, 0.4) is 0 Å². The molecule has 0 aliphatic heterocycles. The third kappa shape index (κ3) is 3.49. The first kappa shape index (κ1) is 13.4. The van der Waals surface area contributed by atoms with Crippen molar-refractivity contribution in [2.75, 3.05) is 11.9 Å². The second-order valence-corrected chi connectivity index (χ2v) is 5.75. The first-order valence-corrected chi connectivity index (χ1v) is 7.29. The van der Waals surface area contributed by atoms with E-state index in [2.05, 4.69) is 36.5 Å². The van der Waals surface area contributed by atoms with E-state index in [1.807, 2.05) is 0 Å². The maximum absolute atomic E-state index is 6.08. The van der Waals surface area contributed by atoms with Gasteiger partial charge in [-0.15, -0.1) is 0 Å². The van der Waals surface area contributed by atoms with Gasteiger partial charge in [-0.1, -0.05) is 44.2 Å². The van der Waals surface area contributed by atoms with Crippen LogP contribution < -0.4 is 11.1 Å². The van der Waals surface area contributed by atoms with Crippen molar-refractivity contribution in [2.24, 2.45) is 5.73 Å². The summed E-state index contributed by atoms with van der Waals surface area (Å²) in [4.78, 5) is 0. The first-order chi connectivity index (χ1) is 8.74. The van der Waals surface area contributed by atoms with Gasteiger partial charge in [0, 0.05) is 17.8 Å². The molecule has 1 aromatic carbocycles. The molecule has 3 N–H and O–H groups in total. The number of nitrogens with one attached hydrogen (secondary N) is 1. The van der Waals surface area contributed by atoms with Crippen LogP contribution in [0.4, 0.5) is 5.69 Å². The molecule has 0 unspecified atom stereocenters. The quantitative estimate of drug-likeness (QED) is 0.850. The molecule has 2 nitrogen and oxygen atoms in total. The Hall–Kier alpha value is -1.02. The lowest BCUT2D eigenvalue weighted by Crippen LogP contribution is -2.46. The van der Waals surface area contributed by atoms with Crippen molar-refractivity contribution < 1.29 is 0 Å². The van der Waals surface area contributed by atoms with Crippen LogP contribution in [0.2, 0.25) is 0 Å². The molecule has 1 aromatic rings. The highest BCUT2D eigenvalue weighted by Crippen LogP contribution is 2.29. The minimum atomic E-state index is 0.119. The molecule has 0 bridgehead atoms. The SMILES string of the molecule is Cc1cccc(NC2(CN)CCCCCCC2)c1. The van der Waals surface area contributed by atoms with Crippen molar-refractivity contribution >= 4 is 5.69 Å². The van der Waals surface area contributed by atoms with E-state index in [1.165, 1.54) is 56.2 Å². The number of anilines is 1. The number of benzene rings is 1. The third-order valence-electron chi connectivity index (χ3n) is 4.13. The minimum absolute atomic E-state index is 0.119. The maximum Gasteiger partial charge on any atom is 0.0495 e. The number of hydrogen-bond acceptors (Lipinski definition) is 2. The summed E-state index contributed by atoms with van der Waals surface area (Å²) < 4.78 is 0. The second kappa shape index (κ2) is 6.24. The standard InChI is InChI=1S/C16H26N2/c1-14-8-7-9-15(12-14)18-16(13-17)10-5-3-2-4-6-11-16/h7-9,12,18H,2-6,10-11,13,17H2,1H3. The predicted molar refractivity (Wildman–Crippen MR) is 78.9 cm³/mol. The molecule has 0 amide bonds. The fourth-order valence-corrected chi connectivity index (χ4v) is 2.99. The Morgan fingerprint density at radius 3 is 2.39 bits per heavy atom. The van der Waals surface area contributed by atoms with Gasteiger partial charge < -0.3 is 11.1 Å². The van der Waals surface area contributed by atoms with Crippen LogP contribution in [0.1, 0.15) is 50.5 Å². The summed E-state index contributed by atoms with van der Waals surface area (Å²) >= 11 is 0. The van der Waals surface area contributed by atoms with Gasteiger partial charge in [-0.05, 0) is 37.5 Å². The van der Waals surface area contributed by atoms with Gasteiger partial charge in [0.15, 0.2) is 0 Å². The van der Waals surface area contributed by atoms with E-state index < -0.39 is 0 Å². The lowest BCUT2D eigenvalue weighted by Gasteiger charge is -2.36. The first-order valence-electron chi connectivity index (χ1n) is 7.29. The van der Waals surface area contributed by atoms with Crippen LogP contribution in [0, 0.1) is 6.92 Å². The molecule has 1 saturated carbocycles. The van der Waals surface area contributed by atoms with Crippen LogP contribution in [0.15, 0.2) is 24.3 Å². The van der Waals surface area contributed by atoms with E-state index in [0.29, 0.717) is 0 Å². The molecule has 0 aromatic heterocycles. The monoisotopic (exact) mass is 246 g/mol. The van der Waals surface area contributed by atoms with Gasteiger partial charge in [0.05, 0.1) is 0 Å². The van der Waals surface area contributed by atoms with E-state index >= 15 is 0 Å². The molecule has 1 fully saturated rings. The van der Waals surface area contributed by atoms with E-state index in [-0.39, 0.29) is 5.54 Å². The van der Waals surface area contributed by atoms with Crippen molar-refractivity contribution in [1.29, 1.82) is 0 Å². The summed E-state index contributed by atoms with van der Waals surface area (Å²) in [5.74, 6) is 0. The maximum atomic E-state index is 6.08. The zero-order valence-corrected chi connectivity index (χ0v) is 11.5. The number of aryl methyl sites for hydroxylation is 1. The van der Waals surface area contributed by atoms with Crippen LogP contribution in [-0.4, -0.2) is 12.1 Å². The van der Waals surface area contributed by atoms with E-state index in [0.717, 1.165) is 6.54 Å². The summed E-state index contributed by atoms with van der Waals surface area (Å²) in [6.07, 6.45) is 9.13. The Labute approximate surface area is 111 Å². The van der Waals surface area contributed by atoms with E-state index in [1.54, 1.807) is 0 Å². The zero-order valence-electron chi connectivity index (χ0n) is 11.5. The molecule has 100 valence electrons. The highest BCUT2D eigenvalue weighted by molar-refractivity contribution is 5.47. The fourth-order valence-electron chi connectivity index (χ4n) is 2.99. The van der Waals surface area contributed by atoms with Crippen LogP contribution in [0.5, 0.6) is 0 Å². The molecular weight excluding hydrogens is 220 g/mol. The summed E-state index contributed by atoms with van der Waals surface area (Å²) in [6, 6.07) is 8.63. The summed E-state index contributed by atoms with van der Waals surface area (Å²) in [7, 11) is 0. The Balaban J connectivity index is 2.10. The minimum Gasteiger partial charge on any atom is -0.378 e. The molecule has 0 saturated heterocycles. The van der Waals surface area contributed by atoms with Crippen molar-refractivity contribution in [2.45, 2.75) is 57.4 Å². The predicted octanol–water partition coefficient (Wildman–Crippen LogP) is 3.85. The molecule has 0 atom stereocenters. The van der Waals surface area contributed by atoms with Crippen molar-refractivity contribution in [3.63, 3.8) is 0 Å². The van der Waals surface area contributed by atoms with Gasteiger partial charge in [-0.25, -0.2) is 0 Å². The lowest BCUT2D eigenvalue weighted by molar-refractivity contribution is 0.351. The van der Waals surface area contributed by atoms with Crippen molar-refractivity contribution in [1.82, 2.24) is 0 Å². The zero-order chi connectivity index (χ0) is 12.8. The van der Waals surface area contributed by atoms with Crippen LogP contribution >= 0.6 is 0 Å². The molecule has 1 aliphatic carbocycles. The topological polar surface area (TPSA) is 38.0 Å². The van der Waals surface area contributed by atoms with Gasteiger partial charge in [0.1, 0.15) is 0 Å². The van der Waals surface area contributed by atoms with Gasteiger partial charge in [-0.3, -0.25) is 0 Å². The van der Waals surface area contributed by atoms with Crippen molar-refractivity contribution in [3.8, 4) is 0 Å². The molecule has 2 rings (SSSR count). The van der Waals surface area contributed by atoms with Gasteiger partial charge in [0.25, 0.3) is 0 Å². The summed E-state index contributed by atoms with van der Waals surface area (Å²) in [5.41, 5.74) is 8.73. The molecular formula is C16H26N2. The third-order valence-corrected chi connectivity index (χ3v) is 4.13. The van der Waals surface area contributed by atoms with Crippen molar-refractivity contribution in [3.05, 3.63) is 29.8 Å². The highest BCUT2D eigenvalue weighted by Gasteiger charge is 2.28. The molecule has 2 heteroatoms. The molecule has 18 heavy (non-hydrogen) atoms. The number of rotatable bonds is 3. The Morgan fingerprint density at radius 2 is 1.78 bits per heavy atom. The van der Waals surface area contributed by atoms with Crippen LogP contribution in [-0.2, 0) is 0 Å². The van der Waals surface area contributed by atoms with Gasteiger partial charge >= 0.3 is 0 Å². The van der Waals surface area contributed by atoms with Gasteiger partial charge in [0.2, 0.25) is 0 Å². The van der Waals surface area contributed by atoms with Gasteiger partial charge in [-0.2, -0.15) is 0 Å². The normalized spacial score (nSPS) is 19.9. The number of hydrogen-bond donors (Lipinski definition) is 2. The molecule has 0 spiro atoms. The van der Waals surface area contributed by atoms with E-state index in [4.69, 9.17) is 5.73 Å². The average Bonchev–Trinajstić information content (AvgIpc) is 2.33. The summed E-state index contributed by atoms with van der Waals surface area (Å²) in [5, 5.41) is 3.73. The Kier molecular flexibility index (Phi) is 4.65. The molecule has 1 aliphatic rings. The molecule has 0 heterocycles. The second-order valence-electron chi connectivity index (χ2n) is 5.75. The van der Waals surface area contributed by atoms with E-state index in [9.17, 15) is 0 Å². The summed E-state index contributed by atoms with van der Waals surface area (Å²) in [6.45, 7) is 2.87. The smallest absolute Gasteiger partial charge is 0.0495 e. The fraction of sp³-hybridized carbons (Fsp3) is 0.625. The lowest BCUT2D eigenvalue weighted by atomic mass is 9.83. The largest absolute Gasteiger partial charge is 0.378 e. The Bertz CT molecular complexity index is 365. The Morgan fingerprint density at radius 1 is 1.11 bits per heavy atom. The average molecular weight is 246 g/mol. The van der Waals surface area contributed by atoms with Crippen LogP contribution in [0.25, 0.3) is 0 Å². The highest BCUT2D eigenvalue weighted by atomic mass is 15.0. The molecule has 0 radical (unpaired) electrons.